The zero-order valence-electron chi connectivity index (χ0n) is 17.7. The van der Waals surface area contributed by atoms with Crippen LogP contribution in [0.2, 0.25) is 0 Å². The van der Waals surface area contributed by atoms with Gasteiger partial charge < -0.3 is 29.2 Å². The molecule has 0 aliphatic carbocycles. The van der Waals surface area contributed by atoms with E-state index in [2.05, 4.69) is 15.3 Å². The molecule has 1 N–H and O–H groups in total. The number of carbonyl (C=O) groups is 2. The van der Waals surface area contributed by atoms with E-state index >= 15 is 0 Å². The normalized spacial score (nSPS) is 17.8. The van der Waals surface area contributed by atoms with E-state index in [0.717, 1.165) is 0 Å². The Bertz CT molecular complexity index is 895. The number of hydrogen-bond donors (Lipinski definition) is 1. The highest BCUT2D eigenvalue weighted by atomic mass is 16.5. The van der Waals surface area contributed by atoms with Crippen LogP contribution in [-0.4, -0.2) is 79.9 Å². The zero-order valence-corrected chi connectivity index (χ0v) is 17.7. The summed E-state index contributed by atoms with van der Waals surface area (Å²) in [6.45, 7) is 0.943. The molecule has 1 aliphatic rings. The Kier molecular flexibility index (Phi) is 7.60. The van der Waals surface area contributed by atoms with Crippen molar-refractivity contribution >= 4 is 11.8 Å². The number of aromatic nitrogens is 2. The predicted molar refractivity (Wildman–Crippen MR) is 110 cm³/mol. The van der Waals surface area contributed by atoms with E-state index in [1.807, 2.05) is 0 Å². The molecule has 2 amide bonds. The minimum atomic E-state index is -0.710. The molecule has 10 nitrogen and oxygen atoms in total. The Morgan fingerprint density at radius 1 is 1.19 bits per heavy atom. The van der Waals surface area contributed by atoms with E-state index in [-0.39, 0.29) is 35.9 Å². The Balaban J connectivity index is 1.83. The monoisotopic (exact) mass is 430 g/mol. The van der Waals surface area contributed by atoms with Crippen molar-refractivity contribution in [2.75, 3.05) is 41.0 Å². The number of rotatable bonds is 9. The third-order valence-corrected chi connectivity index (χ3v) is 4.84. The summed E-state index contributed by atoms with van der Waals surface area (Å²) in [4.78, 5) is 35.9. The third-order valence-electron chi connectivity index (χ3n) is 4.84. The van der Waals surface area contributed by atoms with E-state index in [0.29, 0.717) is 31.2 Å². The van der Waals surface area contributed by atoms with Gasteiger partial charge in [0.25, 0.3) is 5.91 Å². The van der Waals surface area contributed by atoms with Gasteiger partial charge in [0.1, 0.15) is 23.5 Å². The standard InChI is InChI=1S/C21H26N4O6/c1-28-10-9-23-19(26)17-11-15(31-14-5-4-8-22-12-14)13-25(17)21(27)16-6-7-18(29-2)24-20(16)30-3/h4-8,12,15,17H,9-11,13H2,1-3H3,(H,23,26)/t15-,17-/m0/s1. The number of nitrogens with one attached hydrogen (secondary N) is 1. The van der Waals surface area contributed by atoms with Crippen LogP contribution in [0.15, 0.2) is 36.7 Å². The number of carbonyl (C=O) groups excluding carboxylic acids is 2. The van der Waals surface area contributed by atoms with Gasteiger partial charge in [0.2, 0.25) is 17.7 Å². The van der Waals surface area contributed by atoms with Gasteiger partial charge in [0.15, 0.2) is 0 Å². The predicted octanol–water partition coefficient (Wildman–Crippen LogP) is 0.919. The van der Waals surface area contributed by atoms with Gasteiger partial charge in [0, 0.05) is 32.3 Å². The molecule has 0 spiro atoms. The minimum absolute atomic E-state index is 0.125. The molecule has 0 bridgehead atoms. The number of methoxy groups -OCH3 is 3. The van der Waals surface area contributed by atoms with Crippen molar-refractivity contribution < 1.29 is 28.5 Å². The van der Waals surface area contributed by atoms with Gasteiger partial charge >= 0.3 is 0 Å². The molecule has 0 saturated carbocycles. The Morgan fingerprint density at radius 2 is 2.03 bits per heavy atom. The lowest BCUT2D eigenvalue weighted by Crippen LogP contribution is -2.46. The molecule has 3 heterocycles. The first-order valence-corrected chi connectivity index (χ1v) is 9.80. The molecule has 1 saturated heterocycles. The summed E-state index contributed by atoms with van der Waals surface area (Å²) in [7, 11) is 4.45. The maximum atomic E-state index is 13.4. The second kappa shape index (κ2) is 10.6. The van der Waals surface area contributed by atoms with Gasteiger partial charge in [-0.1, -0.05) is 0 Å². The molecule has 2 aromatic heterocycles. The van der Waals surface area contributed by atoms with E-state index in [9.17, 15) is 9.59 Å². The van der Waals surface area contributed by atoms with Crippen LogP contribution in [0.25, 0.3) is 0 Å². The Labute approximate surface area is 180 Å². The molecule has 0 unspecified atom stereocenters. The number of nitrogens with zero attached hydrogens (tertiary/aromatic N) is 3. The second-order valence-corrected chi connectivity index (χ2v) is 6.83. The highest BCUT2D eigenvalue weighted by molar-refractivity contribution is 5.99. The first-order valence-electron chi connectivity index (χ1n) is 9.80. The Morgan fingerprint density at radius 3 is 2.71 bits per heavy atom. The summed E-state index contributed by atoms with van der Waals surface area (Å²) < 4.78 is 21.3. The first kappa shape index (κ1) is 22.3. The molecule has 31 heavy (non-hydrogen) atoms. The maximum Gasteiger partial charge on any atom is 0.260 e. The molecule has 3 rings (SSSR count). The van der Waals surface area contributed by atoms with Crippen LogP contribution in [0.5, 0.6) is 17.5 Å². The Hall–Kier alpha value is -3.40. The van der Waals surface area contributed by atoms with Crippen LogP contribution in [0.4, 0.5) is 0 Å². The molecule has 1 aliphatic heterocycles. The fourth-order valence-corrected chi connectivity index (χ4v) is 3.37. The fraction of sp³-hybridized carbons (Fsp3) is 0.429. The largest absolute Gasteiger partial charge is 0.487 e. The first-order chi connectivity index (χ1) is 15.1. The molecular weight excluding hydrogens is 404 g/mol. The third kappa shape index (κ3) is 5.40. The molecule has 166 valence electrons. The second-order valence-electron chi connectivity index (χ2n) is 6.83. The van der Waals surface area contributed by atoms with E-state index < -0.39 is 6.04 Å². The topological polar surface area (TPSA) is 112 Å². The molecular formula is C21H26N4O6. The summed E-state index contributed by atoms with van der Waals surface area (Å²) in [5.74, 6) is 0.365. The molecule has 1 fully saturated rings. The van der Waals surface area contributed by atoms with Gasteiger partial charge in [-0.15, -0.1) is 0 Å². The summed E-state index contributed by atoms with van der Waals surface area (Å²) in [5, 5.41) is 2.80. The fourth-order valence-electron chi connectivity index (χ4n) is 3.37. The van der Waals surface area contributed by atoms with Crippen molar-refractivity contribution in [3.8, 4) is 17.5 Å². The smallest absolute Gasteiger partial charge is 0.260 e. The van der Waals surface area contributed by atoms with E-state index in [1.165, 1.54) is 19.1 Å². The SMILES string of the molecule is COCCNC(=O)[C@@H]1C[C@H](Oc2cccnc2)CN1C(=O)c1ccc(OC)nc1OC. The maximum absolute atomic E-state index is 13.4. The van der Waals surface area contributed by atoms with Crippen molar-refractivity contribution in [1.82, 2.24) is 20.2 Å². The van der Waals surface area contributed by atoms with Crippen molar-refractivity contribution in [2.45, 2.75) is 18.6 Å². The van der Waals surface area contributed by atoms with Gasteiger partial charge in [0.05, 0.1) is 33.6 Å². The van der Waals surface area contributed by atoms with Gasteiger partial charge in [-0.25, -0.2) is 0 Å². The van der Waals surface area contributed by atoms with E-state index in [4.69, 9.17) is 18.9 Å². The number of pyridine rings is 2. The number of hydrogen-bond acceptors (Lipinski definition) is 8. The summed E-state index contributed by atoms with van der Waals surface area (Å²) in [5.41, 5.74) is 0.236. The lowest BCUT2D eigenvalue weighted by Gasteiger charge is -2.24. The highest BCUT2D eigenvalue weighted by Gasteiger charge is 2.41. The van der Waals surface area contributed by atoms with Crippen molar-refractivity contribution in [3.05, 3.63) is 42.2 Å². The van der Waals surface area contributed by atoms with Crippen molar-refractivity contribution in [3.63, 3.8) is 0 Å². The van der Waals surface area contributed by atoms with Gasteiger partial charge in [-0.2, -0.15) is 4.98 Å². The summed E-state index contributed by atoms with van der Waals surface area (Å²) >= 11 is 0. The molecule has 0 radical (unpaired) electrons. The molecule has 0 aromatic carbocycles. The van der Waals surface area contributed by atoms with Crippen molar-refractivity contribution in [1.29, 1.82) is 0 Å². The van der Waals surface area contributed by atoms with Crippen LogP contribution < -0.4 is 19.5 Å². The van der Waals surface area contributed by atoms with Gasteiger partial charge in [-0.3, -0.25) is 14.6 Å². The van der Waals surface area contributed by atoms with Crippen molar-refractivity contribution in [2.24, 2.45) is 0 Å². The number of amides is 2. The number of likely N-dealkylation sites (tertiary alicyclic amines) is 1. The quantitative estimate of drug-likeness (QED) is 0.585. The molecule has 2 atom stereocenters. The number of ether oxygens (including phenoxy) is 4. The minimum Gasteiger partial charge on any atom is -0.487 e. The average Bonchev–Trinajstić information content (AvgIpc) is 3.22. The summed E-state index contributed by atoms with van der Waals surface area (Å²) in [6, 6.07) is 5.97. The lowest BCUT2D eigenvalue weighted by molar-refractivity contribution is -0.125. The lowest BCUT2D eigenvalue weighted by atomic mass is 10.1. The van der Waals surface area contributed by atoms with Crippen LogP contribution in [0.1, 0.15) is 16.8 Å². The average molecular weight is 430 g/mol. The van der Waals surface area contributed by atoms with Crippen LogP contribution in [-0.2, 0) is 9.53 Å². The van der Waals surface area contributed by atoms with Crippen LogP contribution in [0.3, 0.4) is 0 Å². The highest BCUT2D eigenvalue weighted by Crippen LogP contribution is 2.28. The van der Waals surface area contributed by atoms with Gasteiger partial charge in [-0.05, 0) is 18.2 Å². The van der Waals surface area contributed by atoms with Crippen LogP contribution in [0, 0.1) is 0 Å². The molecule has 10 heteroatoms. The van der Waals surface area contributed by atoms with E-state index in [1.54, 1.807) is 43.8 Å². The molecule has 2 aromatic rings. The van der Waals surface area contributed by atoms with Crippen LogP contribution >= 0.6 is 0 Å². The summed E-state index contributed by atoms with van der Waals surface area (Å²) in [6.07, 6.45) is 3.20. The zero-order chi connectivity index (χ0) is 22.2.